The molecule has 5 rings (SSSR count). The molecule has 2 aliphatic heterocycles. The van der Waals surface area contributed by atoms with Crippen molar-refractivity contribution in [2.24, 2.45) is 11.8 Å². The molecule has 33 heavy (non-hydrogen) atoms. The van der Waals surface area contributed by atoms with Gasteiger partial charge < -0.3 is 9.47 Å². The van der Waals surface area contributed by atoms with Gasteiger partial charge in [0.2, 0.25) is 0 Å². The fourth-order valence-corrected chi connectivity index (χ4v) is 5.52. The summed E-state index contributed by atoms with van der Waals surface area (Å²) < 4.78 is 50.8. The van der Waals surface area contributed by atoms with E-state index in [1.807, 2.05) is 6.92 Å². The maximum absolute atomic E-state index is 13.3. The number of nitrogens with zero attached hydrogens (tertiary/aromatic N) is 1. The van der Waals surface area contributed by atoms with Crippen LogP contribution in [0.25, 0.3) is 0 Å². The summed E-state index contributed by atoms with van der Waals surface area (Å²) in [6.45, 7) is 1.92. The van der Waals surface area contributed by atoms with Crippen molar-refractivity contribution >= 4 is 11.6 Å². The lowest BCUT2D eigenvalue weighted by Gasteiger charge is -2.17. The fourth-order valence-electron chi connectivity index (χ4n) is 5.52. The normalized spacial score (nSPS) is 28.2. The van der Waals surface area contributed by atoms with E-state index < -0.39 is 35.1 Å². The maximum atomic E-state index is 13.3. The molecule has 1 unspecified atom stereocenters. The van der Waals surface area contributed by atoms with E-state index in [0.29, 0.717) is 12.0 Å². The predicted octanol–water partition coefficient (Wildman–Crippen LogP) is 4.96. The van der Waals surface area contributed by atoms with Crippen LogP contribution in [-0.4, -0.2) is 23.8 Å². The van der Waals surface area contributed by atoms with Gasteiger partial charge in [-0.2, -0.15) is 18.4 Å². The van der Waals surface area contributed by atoms with Crippen LogP contribution in [0.2, 0.25) is 0 Å². The van der Waals surface area contributed by atoms with Crippen molar-refractivity contribution in [2.45, 2.75) is 50.5 Å². The zero-order valence-electron chi connectivity index (χ0n) is 17.7. The largest absolute Gasteiger partial charge is 0.457 e. The van der Waals surface area contributed by atoms with Crippen LogP contribution in [-0.2, 0) is 26.9 Å². The number of hydrogen-bond acceptors (Lipinski definition) is 5. The number of carbonyl (C=O) groups excluding carboxylic acids is 2. The third-order valence-electron chi connectivity index (χ3n) is 6.96. The Labute approximate surface area is 188 Å². The molecular weight excluding hydrogens is 435 g/mol. The van der Waals surface area contributed by atoms with E-state index in [-0.39, 0.29) is 35.3 Å². The van der Waals surface area contributed by atoms with Gasteiger partial charge in [0.1, 0.15) is 17.4 Å². The van der Waals surface area contributed by atoms with Crippen molar-refractivity contribution in [3.8, 4) is 17.6 Å². The first-order valence-electron chi connectivity index (χ1n) is 10.9. The second-order valence-electron chi connectivity index (χ2n) is 8.71. The Bertz CT molecular complexity index is 1170. The lowest BCUT2D eigenvalue weighted by molar-refractivity contribution is -0.137. The number of halogens is 3. The van der Waals surface area contributed by atoms with Crippen LogP contribution in [0.1, 0.15) is 47.9 Å². The Hall–Kier alpha value is -3.18. The molecule has 2 heterocycles. The number of benzene rings is 2. The number of rotatable bonds is 4. The third-order valence-corrected chi connectivity index (χ3v) is 6.96. The zero-order valence-corrected chi connectivity index (χ0v) is 17.7. The number of nitriles is 1. The fraction of sp³-hybridized carbons (Fsp3) is 0.400. The van der Waals surface area contributed by atoms with Crippen LogP contribution in [0.5, 0.6) is 11.5 Å². The minimum absolute atomic E-state index is 0.0575. The zero-order chi connectivity index (χ0) is 23.5. The number of carbonyl (C=O) groups is 2. The van der Waals surface area contributed by atoms with Gasteiger partial charge in [-0.05, 0) is 60.7 Å². The van der Waals surface area contributed by atoms with E-state index in [4.69, 9.17) is 14.7 Å². The molecule has 8 heteroatoms. The Morgan fingerprint density at radius 2 is 1.64 bits per heavy atom. The number of Topliss-reactive ketones (excluding diaryl/α,β-unsaturated/α-hetero) is 2. The highest BCUT2D eigenvalue weighted by Gasteiger charge is 2.63. The SMILES string of the molecule is CCc1ccc(Oc2ccc(C(F)(F)F)c(C#N)c2)cc1C1C(=O)[C@@H]2[C@H](C1=O)[C@H]1CC[C@@H]2O1. The van der Waals surface area contributed by atoms with E-state index >= 15 is 0 Å². The molecule has 0 amide bonds. The van der Waals surface area contributed by atoms with E-state index in [1.165, 1.54) is 0 Å². The van der Waals surface area contributed by atoms with Gasteiger partial charge in [0, 0.05) is 0 Å². The van der Waals surface area contributed by atoms with Gasteiger partial charge in [-0.1, -0.05) is 13.0 Å². The Morgan fingerprint density at radius 3 is 2.21 bits per heavy atom. The second-order valence-corrected chi connectivity index (χ2v) is 8.71. The summed E-state index contributed by atoms with van der Waals surface area (Å²) in [4.78, 5) is 26.5. The van der Waals surface area contributed by atoms with Gasteiger partial charge in [0.05, 0.1) is 41.2 Å². The van der Waals surface area contributed by atoms with Crippen LogP contribution >= 0.6 is 0 Å². The smallest absolute Gasteiger partial charge is 0.417 e. The average Bonchev–Trinajstić information content (AvgIpc) is 3.46. The molecule has 170 valence electrons. The van der Waals surface area contributed by atoms with Crippen LogP contribution in [0, 0.1) is 23.2 Å². The quantitative estimate of drug-likeness (QED) is 0.609. The molecule has 1 aliphatic carbocycles. The number of hydrogen-bond donors (Lipinski definition) is 0. The van der Waals surface area contributed by atoms with E-state index in [2.05, 4.69) is 0 Å². The molecule has 0 N–H and O–H groups in total. The van der Waals surface area contributed by atoms with Crippen molar-refractivity contribution in [2.75, 3.05) is 0 Å². The first kappa shape index (κ1) is 21.7. The van der Waals surface area contributed by atoms with E-state index in [9.17, 15) is 22.8 Å². The van der Waals surface area contributed by atoms with E-state index in [0.717, 1.165) is 36.6 Å². The van der Waals surface area contributed by atoms with Crippen LogP contribution in [0.3, 0.4) is 0 Å². The number of fused-ring (bicyclic) bond motifs is 5. The van der Waals surface area contributed by atoms with Gasteiger partial charge >= 0.3 is 6.18 Å². The highest BCUT2D eigenvalue weighted by atomic mass is 19.4. The molecule has 5 nitrogen and oxygen atoms in total. The molecule has 1 saturated carbocycles. The van der Waals surface area contributed by atoms with Crippen molar-refractivity contribution in [1.82, 2.24) is 0 Å². The molecular formula is C25H20F3NO4. The molecule has 0 spiro atoms. The topological polar surface area (TPSA) is 76.4 Å². The van der Waals surface area contributed by atoms with Crippen LogP contribution in [0.4, 0.5) is 13.2 Å². The lowest BCUT2D eigenvalue weighted by Crippen LogP contribution is -2.29. The summed E-state index contributed by atoms with van der Waals surface area (Å²) in [5.41, 5.74) is -0.168. The molecule has 2 aromatic carbocycles. The Balaban J connectivity index is 1.47. The second kappa shape index (κ2) is 7.70. The van der Waals surface area contributed by atoms with Crippen LogP contribution in [0.15, 0.2) is 36.4 Å². The van der Waals surface area contributed by atoms with Crippen molar-refractivity contribution in [3.05, 3.63) is 58.7 Å². The average molecular weight is 455 g/mol. The molecule has 2 saturated heterocycles. The van der Waals surface area contributed by atoms with Gasteiger partial charge in [-0.15, -0.1) is 0 Å². The molecule has 5 atom stereocenters. The van der Waals surface area contributed by atoms with Crippen molar-refractivity contribution < 1.29 is 32.2 Å². The summed E-state index contributed by atoms with van der Waals surface area (Å²) in [6.07, 6.45) is -2.86. The Morgan fingerprint density at radius 1 is 1.03 bits per heavy atom. The molecule has 0 radical (unpaired) electrons. The first-order chi connectivity index (χ1) is 15.7. The molecule has 2 aromatic rings. The maximum Gasteiger partial charge on any atom is 0.417 e. The minimum atomic E-state index is -4.65. The molecule has 3 fully saturated rings. The summed E-state index contributed by atoms with van der Waals surface area (Å²) in [5.74, 6) is -1.58. The minimum Gasteiger partial charge on any atom is -0.457 e. The third kappa shape index (κ3) is 3.42. The highest BCUT2D eigenvalue weighted by molar-refractivity contribution is 6.17. The summed E-state index contributed by atoms with van der Waals surface area (Å²) in [7, 11) is 0. The highest BCUT2D eigenvalue weighted by Crippen LogP contribution is 2.52. The monoisotopic (exact) mass is 455 g/mol. The molecule has 3 aliphatic rings. The van der Waals surface area contributed by atoms with Gasteiger partial charge in [-0.25, -0.2) is 0 Å². The standard InChI is InChI=1S/C25H20F3NO4/c1-2-12-3-4-15(32-14-5-6-17(25(26,27)28)13(9-14)11-29)10-16(12)20-23(30)21-18-7-8-19(33-18)22(21)24(20)31/h3-6,9-10,18-22H,2,7-8H2,1H3/t18-,19+,20?,21-,22+. The number of ketones is 2. The summed E-state index contributed by atoms with van der Waals surface area (Å²) in [5, 5.41) is 9.12. The van der Waals surface area contributed by atoms with Gasteiger partial charge in [-0.3, -0.25) is 9.59 Å². The molecule has 0 aromatic heterocycles. The van der Waals surface area contributed by atoms with Crippen molar-refractivity contribution in [1.29, 1.82) is 5.26 Å². The van der Waals surface area contributed by atoms with Gasteiger partial charge in [0.15, 0.2) is 11.6 Å². The number of ether oxygens (including phenoxy) is 2. The first-order valence-corrected chi connectivity index (χ1v) is 10.9. The van der Waals surface area contributed by atoms with Crippen molar-refractivity contribution in [3.63, 3.8) is 0 Å². The number of aryl methyl sites for hydroxylation is 1. The van der Waals surface area contributed by atoms with Gasteiger partial charge in [0.25, 0.3) is 0 Å². The lowest BCUT2D eigenvalue weighted by atomic mass is 9.81. The van der Waals surface area contributed by atoms with Crippen LogP contribution < -0.4 is 4.74 Å². The summed E-state index contributed by atoms with van der Waals surface area (Å²) >= 11 is 0. The predicted molar refractivity (Wildman–Crippen MR) is 110 cm³/mol. The van der Waals surface area contributed by atoms with E-state index in [1.54, 1.807) is 24.3 Å². The Kier molecular flexibility index (Phi) is 5.05. The summed E-state index contributed by atoms with van der Waals surface area (Å²) in [6, 6.07) is 9.55. The molecule has 2 bridgehead atoms. The number of alkyl halides is 3.